The van der Waals surface area contributed by atoms with Gasteiger partial charge in [-0.15, -0.1) is 0 Å². The number of nitrogens with zero attached hydrogens (tertiary/aromatic N) is 2. The molecule has 0 saturated carbocycles. The molecule has 154 valence electrons. The maximum absolute atomic E-state index is 12.9. The number of nitrogens with one attached hydrogen (secondary N) is 2. The van der Waals surface area contributed by atoms with Crippen LogP contribution in [-0.2, 0) is 0 Å². The summed E-state index contributed by atoms with van der Waals surface area (Å²) >= 11 is 5.93. The molecule has 3 atom stereocenters. The van der Waals surface area contributed by atoms with Crippen LogP contribution < -0.4 is 10.6 Å². The summed E-state index contributed by atoms with van der Waals surface area (Å²) in [7, 11) is 0. The Kier molecular flexibility index (Phi) is 5.11. The number of piperidine rings is 1. The third kappa shape index (κ3) is 3.65. The van der Waals surface area contributed by atoms with Gasteiger partial charge in [0.2, 0.25) is 0 Å². The van der Waals surface area contributed by atoms with Crippen LogP contribution in [0.5, 0.6) is 0 Å². The average Bonchev–Trinajstić information content (AvgIpc) is 2.81. The molecule has 3 aromatic carbocycles. The number of anilines is 1. The molecule has 5 rings (SSSR count). The van der Waals surface area contributed by atoms with E-state index in [-0.39, 0.29) is 18.1 Å². The molecule has 2 saturated heterocycles. The number of piperazine rings is 1. The van der Waals surface area contributed by atoms with E-state index in [0.29, 0.717) is 16.5 Å². The van der Waals surface area contributed by atoms with Gasteiger partial charge in [0.15, 0.2) is 0 Å². The Hall–Kier alpha value is -3.33. The lowest BCUT2D eigenvalue weighted by Crippen LogP contribution is -2.74. The molecule has 3 aromatic rings. The van der Waals surface area contributed by atoms with Gasteiger partial charge < -0.3 is 15.5 Å². The highest BCUT2D eigenvalue weighted by molar-refractivity contribution is 6.30. The van der Waals surface area contributed by atoms with Crippen molar-refractivity contribution in [1.82, 2.24) is 10.2 Å². The Balaban J connectivity index is 1.30. The topological polar surface area (TPSA) is 68.2 Å². The van der Waals surface area contributed by atoms with Crippen molar-refractivity contribution >= 4 is 23.3 Å². The normalized spacial score (nSPS) is 21.7. The molecule has 5 nitrogen and oxygen atoms in total. The highest BCUT2D eigenvalue weighted by Gasteiger charge is 2.53. The molecular weight excluding hydrogens is 408 g/mol. The maximum atomic E-state index is 12.9. The zero-order valence-corrected chi connectivity index (χ0v) is 17.5. The SMILES string of the molecule is N#Cc1ccc(-c2ccc(C3[C@H]4CNC[C@@H]3N4C(=O)Nc3ccc(Cl)cc3)cc2)cc1. The summed E-state index contributed by atoms with van der Waals surface area (Å²) < 4.78 is 0. The number of nitriles is 1. The number of fused-ring (bicyclic) bond motifs is 2. The quantitative estimate of drug-likeness (QED) is 0.626. The van der Waals surface area contributed by atoms with E-state index in [4.69, 9.17) is 16.9 Å². The lowest BCUT2D eigenvalue weighted by Gasteiger charge is -2.59. The van der Waals surface area contributed by atoms with Crippen LogP contribution in [0.1, 0.15) is 17.0 Å². The van der Waals surface area contributed by atoms with Gasteiger partial charge in [-0.25, -0.2) is 4.79 Å². The van der Waals surface area contributed by atoms with Crippen LogP contribution in [0, 0.1) is 11.3 Å². The van der Waals surface area contributed by atoms with Crippen molar-refractivity contribution < 1.29 is 4.79 Å². The second-order valence-electron chi connectivity index (χ2n) is 7.97. The highest BCUT2D eigenvalue weighted by Crippen LogP contribution is 2.43. The van der Waals surface area contributed by atoms with Crippen LogP contribution in [-0.4, -0.2) is 36.1 Å². The van der Waals surface area contributed by atoms with Gasteiger partial charge >= 0.3 is 6.03 Å². The monoisotopic (exact) mass is 428 g/mol. The summed E-state index contributed by atoms with van der Waals surface area (Å²) in [6, 6.07) is 25.7. The van der Waals surface area contributed by atoms with Crippen LogP contribution in [0.4, 0.5) is 10.5 Å². The summed E-state index contributed by atoms with van der Waals surface area (Å²) in [5, 5.41) is 16.0. The number of amides is 2. The average molecular weight is 429 g/mol. The molecule has 2 fully saturated rings. The second-order valence-corrected chi connectivity index (χ2v) is 8.41. The molecule has 1 unspecified atom stereocenters. The Morgan fingerprint density at radius 3 is 2.10 bits per heavy atom. The first kappa shape index (κ1) is 19.6. The molecule has 2 amide bonds. The lowest BCUT2D eigenvalue weighted by atomic mass is 9.72. The van der Waals surface area contributed by atoms with E-state index < -0.39 is 0 Å². The summed E-state index contributed by atoms with van der Waals surface area (Å²) in [5.74, 6) is 0.326. The molecule has 0 aromatic heterocycles. The lowest BCUT2D eigenvalue weighted by molar-refractivity contribution is 0.00202. The number of hydrogen-bond donors (Lipinski definition) is 2. The molecule has 0 radical (unpaired) electrons. The number of benzene rings is 3. The molecule has 2 heterocycles. The predicted octanol–water partition coefficient (Wildman–Crippen LogP) is 4.85. The summed E-state index contributed by atoms with van der Waals surface area (Å²) in [6.45, 7) is 1.57. The third-order valence-electron chi connectivity index (χ3n) is 6.22. The molecule has 31 heavy (non-hydrogen) atoms. The number of halogens is 1. The largest absolute Gasteiger partial charge is 0.322 e. The highest BCUT2D eigenvalue weighted by atomic mass is 35.5. The molecule has 0 aliphatic carbocycles. The summed E-state index contributed by atoms with van der Waals surface area (Å²) in [6.07, 6.45) is 0. The first-order valence-electron chi connectivity index (χ1n) is 10.3. The van der Waals surface area contributed by atoms with Crippen LogP contribution in [0.25, 0.3) is 11.1 Å². The number of rotatable bonds is 3. The van der Waals surface area contributed by atoms with E-state index in [1.165, 1.54) is 5.56 Å². The molecule has 0 spiro atoms. The smallest absolute Gasteiger partial charge is 0.315 e. The van der Waals surface area contributed by atoms with Gasteiger partial charge in [0, 0.05) is 29.7 Å². The van der Waals surface area contributed by atoms with Crippen molar-refractivity contribution in [3.05, 3.63) is 88.9 Å². The van der Waals surface area contributed by atoms with Gasteiger partial charge in [0.05, 0.1) is 23.7 Å². The molecular formula is C25H21ClN4O. The van der Waals surface area contributed by atoms with Crippen LogP contribution in [0.15, 0.2) is 72.8 Å². The fourth-order valence-electron chi connectivity index (χ4n) is 4.68. The molecule has 2 bridgehead atoms. The minimum Gasteiger partial charge on any atom is -0.315 e. The fourth-order valence-corrected chi connectivity index (χ4v) is 4.80. The predicted molar refractivity (Wildman–Crippen MR) is 122 cm³/mol. The van der Waals surface area contributed by atoms with E-state index >= 15 is 0 Å². The van der Waals surface area contributed by atoms with Gasteiger partial charge in [0.25, 0.3) is 0 Å². The fraction of sp³-hybridized carbons (Fsp3) is 0.200. The standard InChI is InChI=1S/C25H21ClN4O/c26-20-9-11-21(12-10-20)29-25(31)30-22-14-28-15-23(30)24(22)19-7-5-18(6-8-19)17-3-1-16(13-27)2-4-17/h1-12,22-24,28H,14-15H2,(H,29,31)/t22-,23+,24?. The van der Waals surface area contributed by atoms with Crippen molar-refractivity contribution in [1.29, 1.82) is 5.26 Å². The second kappa shape index (κ2) is 8.07. The minimum absolute atomic E-state index is 0.0655. The number of carbonyl (C=O) groups excluding carboxylic acids is 1. The van der Waals surface area contributed by atoms with Crippen molar-refractivity contribution in [2.75, 3.05) is 18.4 Å². The van der Waals surface area contributed by atoms with E-state index in [0.717, 1.165) is 29.9 Å². The molecule has 2 N–H and O–H groups in total. The van der Waals surface area contributed by atoms with Gasteiger partial charge in [-0.3, -0.25) is 0 Å². The Bertz CT molecular complexity index is 1120. The van der Waals surface area contributed by atoms with Gasteiger partial charge in [0.1, 0.15) is 0 Å². The Morgan fingerprint density at radius 2 is 1.52 bits per heavy atom. The number of hydrogen-bond acceptors (Lipinski definition) is 3. The van der Waals surface area contributed by atoms with Crippen molar-refractivity contribution in [3.63, 3.8) is 0 Å². The number of urea groups is 1. The Labute approximate surface area is 186 Å². The van der Waals surface area contributed by atoms with Crippen LogP contribution in [0.3, 0.4) is 0 Å². The van der Waals surface area contributed by atoms with E-state index in [1.54, 1.807) is 12.1 Å². The molecule has 2 aliphatic rings. The zero-order chi connectivity index (χ0) is 21.4. The maximum Gasteiger partial charge on any atom is 0.322 e. The van der Waals surface area contributed by atoms with Gasteiger partial charge in [-0.2, -0.15) is 5.26 Å². The van der Waals surface area contributed by atoms with Gasteiger partial charge in [-0.1, -0.05) is 48.0 Å². The molecule has 6 heteroatoms. The number of carbonyl (C=O) groups is 1. The third-order valence-corrected chi connectivity index (χ3v) is 6.48. The van der Waals surface area contributed by atoms with Crippen LogP contribution >= 0.6 is 11.6 Å². The Morgan fingerprint density at radius 1 is 0.935 bits per heavy atom. The molecule has 2 aliphatic heterocycles. The van der Waals surface area contributed by atoms with Crippen molar-refractivity contribution in [2.24, 2.45) is 0 Å². The van der Waals surface area contributed by atoms with E-state index in [9.17, 15) is 4.79 Å². The van der Waals surface area contributed by atoms with Crippen LogP contribution in [0.2, 0.25) is 5.02 Å². The minimum atomic E-state index is -0.0655. The van der Waals surface area contributed by atoms with E-state index in [1.807, 2.05) is 41.3 Å². The van der Waals surface area contributed by atoms with Gasteiger partial charge in [-0.05, 0) is 53.1 Å². The van der Waals surface area contributed by atoms with E-state index in [2.05, 4.69) is 41.0 Å². The first-order valence-corrected chi connectivity index (χ1v) is 10.7. The summed E-state index contributed by atoms with van der Waals surface area (Å²) in [5.41, 5.74) is 4.87. The first-order chi connectivity index (χ1) is 15.1. The zero-order valence-electron chi connectivity index (χ0n) is 16.8. The van der Waals surface area contributed by atoms with Crippen molar-refractivity contribution in [2.45, 2.75) is 18.0 Å². The van der Waals surface area contributed by atoms with Crippen molar-refractivity contribution in [3.8, 4) is 17.2 Å². The summed E-state index contributed by atoms with van der Waals surface area (Å²) in [4.78, 5) is 14.9. The number of likely N-dealkylation sites (tertiary alicyclic amines) is 1.